The van der Waals surface area contributed by atoms with Crippen LogP contribution in [0.5, 0.6) is 0 Å². The second kappa shape index (κ2) is 7.83. The molecular formula is C27H26N2O. The molecule has 1 saturated heterocycles. The van der Waals surface area contributed by atoms with Crippen molar-refractivity contribution >= 4 is 11.6 Å². The van der Waals surface area contributed by atoms with E-state index in [1.807, 2.05) is 23.1 Å². The fourth-order valence-electron chi connectivity index (χ4n) is 4.42. The zero-order chi connectivity index (χ0) is 20.5. The van der Waals surface area contributed by atoms with Gasteiger partial charge < -0.3 is 9.80 Å². The first-order chi connectivity index (χ1) is 14.7. The summed E-state index contributed by atoms with van der Waals surface area (Å²) in [5.41, 5.74) is 7.98. The molecule has 5 rings (SSSR count). The van der Waals surface area contributed by atoms with E-state index >= 15 is 0 Å². The summed E-state index contributed by atoms with van der Waals surface area (Å²) >= 11 is 0. The van der Waals surface area contributed by atoms with E-state index in [1.165, 1.54) is 11.3 Å². The Hall–Kier alpha value is -3.33. The molecule has 3 nitrogen and oxygen atoms in total. The molecule has 3 aromatic carbocycles. The Bertz CT molecular complexity index is 1080. The molecular weight excluding hydrogens is 368 g/mol. The largest absolute Gasteiger partial charge is 0.371 e. The first kappa shape index (κ1) is 18.7. The molecule has 2 aliphatic rings. The van der Waals surface area contributed by atoms with Crippen LogP contribution in [0.3, 0.4) is 0 Å². The van der Waals surface area contributed by atoms with Gasteiger partial charge in [-0.2, -0.15) is 0 Å². The number of hydrogen-bond donors (Lipinski definition) is 0. The molecule has 150 valence electrons. The molecule has 0 aliphatic carbocycles. The highest BCUT2D eigenvalue weighted by Crippen LogP contribution is 2.31. The molecule has 0 bridgehead atoms. The van der Waals surface area contributed by atoms with Gasteiger partial charge in [0.1, 0.15) is 0 Å². The minimum absolute atomic E-state index is 0.126. The minimum atomic E-state index is 0.126. The predicted molar refractivity (Wildman–Crippen MR) is 122 cm³/mol. The molecule has 3 aromatic rings. The van der Waals surface area contributed by atoms with Gasteiger partial charge >= 0.3 is 0 Å². The number of hydrogen-bond acceptors (Lipinski definition) is 2. The van der Waals surface area contributed by atoms with E-state index in [-0.39, 0.29) is 5.91 Å². The van der Waals surface area contributed by atoms with E-state index in [4.69, 9.17) is 0 Å². The Morgan fingerprint density at radius 1 is 0.833 bits per heavy atom. The lowest BCUT2D eigenvalue weighted by atomic mass is 9.99. The number of fused-ring (bicyclic) bond motifs is 1. The molecule has 0 N–H and O–H groups in total. The van der Waals surface area contributed by atoms with Crippen molar-refractivity contribution < 1.29 is 4.79 Å². The predicted octanol–water partition coefficient (Wildman–Crippen LogP) is 5.67. The summed E-state index contributed by atoms with van der Waals surface area (Å²) in [5.74, 6) is 0.126. The Kier molecular flexibility index (Phi) is 4.88. The summed E-state index contributed by atoms with van der Waals surface area (Å²) in [6.45, 7) is 7.53. The van der Waals surface area contributed by atoms with Crippen molar-refractivity contribution in [3.8, 4) is 11.1 Å². The maximum absolute atomic E-state index is 13.0. The number of anilines is 1. The van der Waals surface area contributed by atoms with E-state index in [2.05, 4.69) is 66.1 Å². The van der Waals surface area contributed by atoms with Gasteiger partial charge in [0, 0.05) is 37.4 Å². The van der Waals surface area contributed by atoms with Crippen LogP contribution in [0.1, 0.15) is 34.3 Å². The maximum atomic E-state index is 13.0. The average Bonchev–Trinajstić information content (AvgIpc) is 3.10. The third-order valence-corrected chi connectivity index (χ3v) is 6.24. The van der Waals surface area contributed by atoms with Gasteiger partial charge in [-0.3, -0.25) is 4.79 Å². The van der Waals surface area contributed by atoms with E-state index in [0.29, 0.717) is 13.1 Å². The van der Waals surface area contributed by atoms with Crippen LogP contribution in [-0.4, -0.2) is 23.9 Å². The van der Waals surface area contributed by atoms with Crippen LogP contribution < -0.4 is 4.90 Å². The van der Waals surface area contributed by atoms with Crippen LogP contribution in [0.4, 0.5) is 5.69 Å². The summed E-state index contributed by atoms with van der Waals surface area (Å²) in [6, 6.07) is 25.2. The summed E-state index contributed by atoms with van der Waals surface area (Å²) < 4.78 is 0. The van der Waals surface area contributed by atoms with Gasteiger partial charge in [0.2, 0.25) is 0 Å². The number of benzene rings is 3. The topological polar surface area (TPSA) is 23.6 Å². The first-order valence-corrected chi connectivity index (χ1v) is 10.7. The van der Waals surface area contributed by atoms with Crippen molar-refractivity contribution in [3.63, 3.8) is 0 Å². The molecule has 3 heteroatoms. The Labute approximate surface area is 178 Å². The molecule has 0 spiro atoms. The van der Waals surface area contributed by atoms with Gasteiger partial charge in [-0.05, 0) is 53.3 Å². The fraction of sp³-hybridized carbons (Fsp3) is 0.222. The lowest BCUT2D eigenvalue weighted by molar-refractivity contribution is 0.0766. The van der Waals surface area contributed by atoms with Crippen molar-refractivity contribution in [1.29, 1.82) is 0 Å². The monoisotopic (exact) mass is 394 g/mol. The summed E-state index contributed by atoms with van der Waals surface area (Å²) in [6.07, 6.45) is 2.16. The number of amides is 1. The Morgan fingerprint density at radius 3 is 2.27 bits per heavy atom. The second-order valence-corrected chi connectivity index (χ2v) is 8.30. The van der Waals surface area contributed by atoms with Crippen LogP contribution in [0, 0.1) is 0 Å². The van der Waals surface area contributed by atoms with E-state index < -0.39 is 0 Å². The molecule has 0 atom stereocenters. The third kappa shape index (κ3) is 3.63. The molecule has 0 radical (unpaired) electrons. The molecule has 0 unspecified atom stereocenters. The van der Waals surface area contributed by atoms with Gasteiger partial charge in [0.05, 0.1) is 0 Å². The van der Waals surface area contributed by atoms with Crippen LogP contribution in [0.25, 0.3) is 11.1 Å². The fourth-order valence-corrected chi connectivity index (χ4v) is 4.42. The molecule has 2 heterocycles. The van der Waals surface area contributed by atoms with E-state index in [9.17, 15) is 4.79 Å². The van der Waals surface area contributed by atoms with Gasteiger partial charge in [0.25, 0.3) is 5.91 Å². The van der Waals surface area contributed by atoms with Crippen LogP contribution in [0.15, 0.2) is 84.9 Å². The van der Waals surface area contributed by atoms with E-state index in [1.54, 1.807) is 0 Å². The van der Waals surface area contributed by atoms with Crippen LogP contribution in [0.2, 0.25) is 0 Å². The number of carbonyl (C=O) groups excluding carboxylic acids is 1. The third-order valence-electron chi connectivity index (χ3n) is 6.24. The van der Waals surface area contributed by atoms with Gasteiger partial charge in [-0.25, -0.2) is 0 Å². The molecule has 0 saturated carbocycles. The average molecular weight is 395 g/mol. The standard InChI is InChI=1S/C27H26N2O/c1-20-13-15-28(16-14-20)25-11-9-22(10-12-25)23-7-8-24-19-29(27(30)26(24)17-23)18-21-5-3-2-4-6-21/h2-12,17H,1,13-16,18-19H2. The van der Waals surface area contributed by atoms with Crippen LogP contribution >= 0.6 is 0 Å². The molecule has 0 aromatic heterocycles. The maximum Gasteiger partial charge on any atom is 0.254 e. The first-order valence-electron chi connectivity index (χ1n) is 10.7. The Morgan fingerprint density at radius 2 is 1.53 bits per heavy atom. The highest BCUT2D eigenvalue weighted by molar-refractivity contribution is 5.99. The number of carbonyl (C=O) groups is 1. The minimum Gasteiger partial charge on any atom is -0.371 e. The SMILES string of the molecule is C=C1CCN(c2ccc(-c3ccc4c(c3)C(=O)N(Cc3ccccc3)C4)cc2)CC1. The normalized spacial score (nSPS) is 16.1. The molecule has 1 fully saturated rings. The highest BCUT2D eigenvalue weighted by atomic mass is 16.2. The van der Waals surface area contributed by atoms with Crippen molar-refractivity contribution in [2.75, 3.05) is 18.0 Å². The quantitative estimate of drug-likeness (QED) is 0.533. The van der Waals surface area contributed by atoms with Crippen LogP contribution in [-0.2, 0) is 13.1 Å². The summed E-state index contributed by atoms with van der Waals surface area (Å²) in [7, 11) is 0. The lowest BCUT2D eigenvalue weighted by Gasteiger charge is -2.30. The van der Waals surface area contributed by atoms with Gasteiger partial charge in [-0.15, -0.1) is 0 Å². The van der Waals surface area contributed by atoms with Crippen molar-refractivity contribution in [2.45, 2.75) is 25.9 Å². The number of nitrogens with zero attached hydrogens (tertiary/aromatic N) is 2. The molecule has 1 amide bonds. The highest BCUT2D eigenvalue weighted by Gasteiger charge is 2.27. The molecule has 30 heavy (non-hydrogen) atoms. The molecule has 2 aliphatic heterocycles. The zero-order valence-corrected chi connectivity index (χ0v) is 17.2. The second-order valence-electron chi connectivity index (χ2n) is 8.30. The van der Waals surface area contributed by atoms with Gasteiger partial charge in [0.15, 0.2) is 0 Å². The Balaban J connectivity index is 1.33. The van der Waals surface area contributed by atoms with E-state index in [0.717, 1.165) is 53.7 Å². The number of piperidine rings is 1. The van der Waals surface area contributed by atoms with Crippen molar-refractivity contribution in [2.24, 2.45) is 0 Å². The van der Waals surface area contributed by atoms with Crippen molar-refractivity contribution in [1.82, 2.24) is 4.90 Å². The smallest absolute Gasteiger partial charge is 0.254 e. The van der Waals surface area contributed by atoms with Crippen molar-refractivity contribution in [3.05, 3.63) is 102 Å². The zero-order valence-electron chi connectivity index (χ0n) is 17.2. The van der Waals surface area contributed by atoms with Gasteiger partial charge in [-0.1, -0.05) is 66.7 Å². The lowest BCUT2D eigenvalue weighted by Crippen LogP contribution is -2.30. The summed E-state index contributed by atoms with van der Waals surface area (Å²) in [4.78, 5) is 17.3. The summed E-state index contributed by atoms with van der Waals surface area (Å²) in [5, 5.41) is 0. The number of rotatable bonds is 4.